The van der Waals surface area contributed by atoms with Gasteiger partial charge in [-0.3, -0.25) is 4.79 Å². The number of benzene rings is 2. The van der Waals surface area contributed by atoms with Gasteiger partial charge in [-0.2, -0.15) is 0 Å². The van der Waals surface area contributed by atoms with Crippen molar-refractivity contribution in [2.45, 2.75) is 17.9 Å². The molecule has 2 aromatic rings. The Hall–Kier alpha value is -2.42. The van der Waals surface area contributed by atoms with Crippen molar-refractivity contribution in [2.75, 3.05) is 39.8 Å². The van der Waals surface area contributed by atoms with Gasteiger partial charge in [0.05, 0.1) is 4.90 Å². The van der Waals surface area contributed by atoms with E-state index in [2.05, 4.69) is 9.62 Å². The summed E-state index contributed by atoms with van der Waals surface area (Å²) in [6.07, 6.45) is 0. The quantitative estimate of drug-likeness (QED) is 0.744. The molecule has 8 heteroatoms. The van der Waals surface area contributed by atoms with Crippen molar-refractivity contribution in [1.82, 2.24) is 14.5 Å². The molecule has 0 aromatic heterocycles. The van der Waals surface area contributed by atoms with Crippen molar-refractivity contribution in [3.05, 3.63) is 60.2 Å². The molecule has 3 rings (SSSR count). The Morgan fingerprint density at radius 3 is 2.28 bits per heavy atom. The molecule has 1 aliphatic heterocycles. The molecule has 0 spiro atoms. The van der Waals surface area contributed by atoms with Crippen LogP contribution in [0.2, 0.25) is 0 Å². The smallest absolute Gasteiger partial charge is 0.260 e. The maximum Gasteiger partial charge on any atom is 0.260 e. The van der Waals surface area contributed by atoms with Crippen LogP contribution in [0.1, 0.15) is 18.5 Å². The molecule has 0 unspecified atom stereocenters. The molecule has 0 radical (unpaired) electrons. The number of ether oxygens (including phenoxy) is 1. The molecular formula is C21H27N3O4S. The lowest BCUT2D eigenvalue weighted by molar-refractivity contribution is -0.134. The van der Waals surface area contributed by atoms with E-state index in [4.69, 9.17) is 4.74 Å². The third-order valence-corrected chi connectivity index (χ3v) is 6.54. The summed E-state index contributed by atoms with van der Waals surface area (Å²) in [4.78, 5) is 16.4. The van der Waals surface area contributed by atoms with E-state index in [0.29, 0.717) is 18.8 Å². The maximum absolute atomic E-state index is 12.6. The van der Waals surface area contributed by atoms with Gasteiger partial charge in [-0.25, -0.2) is 13.1 Å². The van der Waals surface area contributed by atoms with E-state index in [1.165, 1.54) is 12.1 Å². The normalized spacial score (nSPS) is 16.4. The minimum absolute atomic E-state index is 0.0564. The molecule has 0 aliphatic carbocycles. The fourth-order valence-corrected chi connectivity index (χ4v) is 4.35. The van der Waals surface area contributed by atoms with Gasteiger partial charge in [0.15, 0.2) is 6.61 Å². The van der Waals surface area contributed by atoms with Gasteiger partial charge < -0.3 is 14.5 Å². The first-order valence-corrected chi connectivity index (χ1v) is 11.1. The fraction of sp³-hybridized carbons (Fsp3) is 0.381. The summed E-state index contributed by atoms with van der Waals surface area (Å²) in [6, 6.07) is 15.1. The number of rotatable bonds is 7. The van der Waals surface area contributed by atoms with Gasteiger partial charge >= 0.3 is 0 Å². The molecule has 0 bridgehead atoms. The molecule has 1 N–H and O–H groups in total. The molecule has 156 valence electrons. The number of hydrogen-bond acceptors (Lipinski definition) is 5. The largest absolute Gasteiger partial charge is 0.484 e. The Morgan fingerprint density at radius 1 is 1.03 bits per heavy atom. The summed E-state index contributed by atoms with van der Waals surface area (Å²) in [7, 11) is -1.63. The van der Waals surface area contributed by atoms with Crippen LogP contribution in [0, 0.1) is 0 Å². The number of carbonyl (C=O) groups excluding carboxylic acids is 1. The van der Waals surface area contributed by atoms with E-state index in [0.717, 1.165) is 18.7 Å². The van der Waals surface area contributed by atoms with Gasteiger partial charge in [-0.1, -0.05) is 30.3 Å². The minimum atomic E-state index is -3.66. The zero-order valence-electron chi connectivity index (χ0n) is 16.7. The van der Waals surface area contributed by atoms with Crippen molar-refractivity contribution >= 4 is 15.9 Å². The van der Waals surface area contributed by atoms with Crippen LogP contribution in [-0.4, -0.2) is 64.0 Å². The standard InChI is InChI=1S/C21H27N3O4S/c1-17(18-6-4-3-5-7-18)22-29(26,27)20-10-8-19(9-11-20)28-16-21(25)24-14-12-23(2)13-15-24/h3-11,17,22H,12-16H2,1-2H3/t17-/m1/s1. The molecule has 1 fully saturated rings. The zero-order valence-corrected chi connectivity index (χ0v) is 17.6. The first-order chi connectivity index (χ1) is 13.8. The van der Waals surface area contributed by atoms with Crippen molar-refractivity contribution in [1.29, 1.82) is 0 Å². The van der Waals surface area contributed by atoms with Crippen LogP contribution in [0.5, 0.6) is 5.75 Å². The molecule has 1 amide bonds. The van der Waals surface area contributed by atoms with Crippen LogP contribution in [0.3, 0.4) is 0 Å². The first-order valence-electron chi connectivity index (χ1n) is 9.61. The SMILES string of the molecule is C[C@@H](NS(=O)(=O)c1ccc(OCC(=O)N2CCN(C)CC2)cc1)c1ccccc1. The van der Waals surface area contributed by atoms with Crippen molar-refractivity contribution in [2.24, 2.45) is 0 Å². The molecule has 29 heavy (non-hydrogen) atoms. The van der Waals surface area contributed by atoms with Gasteiger partial charge in [0, 0.05) is 32.2 Å². The Bertz CT molecular complexity index is 909. The van der Waals surface area contributed by atoms with Crippen LogP contribution in [0.25, 0.3) is 0 Å². The third-order valence-electron chi connectivity index (χ3n) is 4.98. The molecule has 1 saturated heterocycles. The molecule has 7 nitrogen and oxygen atoms in total. The molecular weight excluding hydrogens is 390 g/mol. The van der Waals surface area contributed by atoms with E-state index in [-0.39, 0.29) is 23.5 Å². The van der Waals surface area contributed by atoms with Gasteiger partial charge in [-0.15, -0.1) is 0 Å². The second-order valence-electron chi connectivity index (χ2n) is 7.20. The summed E-state index contributed by atoms with van der Waals surface area (Å²) >= 11 is 0. The Labute approximate surface area is 172 Å². The number of sulfonamides is 1. The highest BCUT2D eigenvalue weighted by Crippen LogP contribution is 2.19. The number of likely N-dealkylation sites (N-methyl/N-ethyl adjacent to an activating group) is 1. The van der Waals surface area contributed by atoms with Gasteiger partial charge in [0.25, 0.3) is 5.91 Å². The molecule has 2 aromatic carbocycles. The second kappa shape index (κ2) is 9.39. The predicted octanol–water partition coefficient (Wildman–Crippen LogP) is 1.88. The number of hydrogen-bond donors (Lipinski definition) is 1. The van der Waals surface area contributed by atoms with Gasteiger partial charge in [0.2, 0.25) is 10.0 Å². The highest BCUT2D eigenvalue weighted by Gasteiger charge is 2.20. The number of piperazine rings is 1. The minimum Gasteiger partial charge on any atom is -0.484 e. The molecule has 1 aliphatic rings. The van der Waals surface area contributed by atoms with Crippen LogP contribution < -0.4 is 9.46 Å². The Morgan fingerprint density at radius 2 is 1.66 bits per heavy atom. The average Bonchev–Trinajstić information content (AvgIpc) is 2.73. The summed E-state index contributed by atoms with van der Waals surface area (Å²) in [5.41, 5.74) is 0.887. The average molecular weight is 418 g/mol. The summed E-state index contributed by atoms with van der Waals surface area (Å²) < 4.78 is 33.4. The Balaban J connectivity index is 1.55. The van der Waals surface area contributed by atoms with E-state index in [9.17, 15) is 13.2 Å². The highest BCUT2D eigenvalue weighted by molar-refractivity contribution is 7.89. The number of amides is 1. The highest BCUT2D eigenvalue weighted by atomic mass is 32.2. The van der Waals surface area contributed by atoms with Crippen LogP contribution in [0.4, 0.5) is 0 Å². The second-order valence-corrected chi connectivity index (χ2v) is 8.91. The molecule has 1 heterocycles. The lowest BCUT2D eigenvalue weighted by atomic mass is 10.1. The van der Waals surface area contributed by atoms with Crippen molar-refractivity contribution in [3.63, 3.8) is 0 Å². The summed E-state index contributed by atoms with van der Waals surface area (Å²) in [5, 5.41) is 0. The summed E-state index contributed by atoms with van der Waals surface area (Å²) in [5.74, 6) is 0.399. The number of carbonyl (C=O) groups is 1. The van der Waals surface area contributed by atoms with Crippen molar-refractivity contribution < 1.29 is 17.9 Å². The van der Waals surface area contributed by atoms with Crippen LogP contribution >= 0.6 is 0 Å². The monoisotopic (exact) mass is 417 g/mol. The zero-order chi connectivity index (χ0) is 20.9. The van der Waals surface area contributed by atoms with E-state index >= 15 is 0 Å². The van der Waals surface area contributed by atoms with Crippen LogP contribution in [-0.2, 0) is 14.8 Å². The third kappa shape index (κ3) is 5.79. The van der Waals surface area contributed by atoms with Crippen LogP contribution in [0.15, 0.2) is 59.5 Å². The summed E-state index contributed by atoms with van der Waals surface area (Å²) in [6.45, 7) is 4.84. The maximum atomic E-state index is 12.6. The number of nitrogens with zero attached hydrogens (tertiary/aromatic N) is 2. The Kier molecular flexibility index (Phi) is 6.89. The van der Waals surface area contributed by atoms with Gasteiger partial charge in [-0.05, 0) is 43.8 Å². The first kappa shape index (κ1) is 21.3. The molecule has 1 atom stereocenters. The fourth-order valence-electron chi connectivity index (χ4n) is 3.12. The van der Waals surface area contributed by atoms with Gasteiger partial charge in [0.1, 0.15) is 5.75 Å². The van der Waals surface area contributed by atoms with E-state index in [1.807, 2.05) is 37.4 Å². The predicted molar refractivity (Wildman–Crippen MR) is 111 cm³/mol. The van der Waals surface area contributed by atoms with E-state index in [1.54, 1.807) is 24.0 Å². The van der Waals surface area contributed by atoms with E-state index < -0.39 is 10.0 Å². The van der Waals surface area contributed by atoms with Crippen molar-refractivity contribution in [3.8, 4) is 5.75 Å². The lowest BCUT2D eigenvalue weighted by Gasteiger charge is -2.32. The topological polar surface area (TPSA) is 78.9 Å². The number of nitrogens with one attached hydrogen (secondary N) is 1. The lowest BCUT2D eigenvalue weighted by Crippen LogP contribution is -2.48. The molecule has 0 saturated carbocycles.